The topological polar surface area (TPSA) is 56.0 Å². The van der Waals surface area contributed by atoms with Crippen molar-refractivity contribution in [1.82, 2.24) is 14.5 Å². The summed E-state index contributed by atoms with van der Waals surface area (Å²) in [7, 11) is 0. The number of amides is 1. The van der Waals surface area contributed by atoms with Crippen LogP contribution in [-0.2, 0) is 17.9 Å². The summed E-state index contributed by atoms with van der Waals surface area (Å²) in [5.41, 5.74) is 1.22. The Morgan fingerprint density at radius 2 is 1.70 bits per heavy atom. The molecule has 1 aromatic heterocycles. The normalized spacial score (nSPS) is 11.8. The Labute approximate surface area is 118 Å². The summed E-state index contributed by atoms with van der Waals surface area (Å²) in [4.78, 5) is 24.4. The van der Waals surface area contributed by atoms with Gasteiger partial charge in [0.25, 0.3) is 0 Å². The molecule has 2 rings (SSSR count). The molecule has 0 aliphatic heterocycles. The number of carbonyl (C=O) groups is 1. The molecular formula is C15H21N3O2. The molecule has 0 radical (unpaired) electrons. The lowest BCUT2D eigenvalue weighted by molar-refractivity contribution is -0.123. The summed E-state index contributed by atoms with van der Waals surface area (Å²) in [6, 6.07) is 7.54. The second-order valence-corrected chi connectivity index (χ2v) is 5.90. The zero-order chi connectivity index (χ0) is 14.9. The van der Waals surface area contributed by atoms with Crippen LogP contribution >= 0.6 is 0 Å². The first-order valence-corrected chi connectivity index (χ1v) is 6.82. The number of nitrogens with one attached hydrogen (secondary N) is 1. The Morgan fingerprint density at radius 1 is 1.15 bits per heavy atom. The van der Waals surface area contributed by atoms with E-state index < -0.39 is 0 Å². The van der Waals surface area contributed by atoms with E-state index in [2.05, 4.69) is 5.32 Å². The molecular weight excluding hydrogens is 254 g/mol. The number of imidazole rings is 1. The fourth-order valence-electron chi connectivity index (χ4n) is 2.33. The maximum Gasteiger partial charge on any atom is 0.329 e. The van der Waals surface area contributed by atoms with Crippen molar-refractivity contribution >= 4 is 16.9 Å². The van der Waals surface area contributed by atoms with Crippen LogP contribution in [0.2, 0.25) is 0 Å². The van der Waals surface area contributed by atoms with Gasteiger partial charge >= 0.3 is 5.69 Å². The Kier molecular flexibility index (Phi) is 3.70. The van der Waals surface area contributed by atoms with Crippen molar-refractivity contribution in [1.29, 1.82) is 0 Å². The van der Waals surface area contributed by atoms with E-state index in [1.165, 1.54) is 4.57 Å². The molecule has 0 aliphatic rings. The number of hydrogen-bond donors (Lipinski definition) is 1. The van der Waals surface area contributed by atoms with Crippen LogP contribution in [0.5, 0.6) is 0 Å². The van der Waals surface area contributed by atoms with E-state index in [1.54, 1.807) is 4.57 Å². The van der Waals surface area contributed by atoms with Crippen LogP contribution in [-0.4, -0.2) is 20.6 Å². The molecule has 1 amide bonds. The van der Waals surface area contributed by atoms with Gasteiger partial charge in [0.05, 0.1) is 11.0 Å². The SMILES string of the molecule is CCn1c(=O)n(CC(=O)NC(C)(C)C)c2ccccc21. The highest BCUT2D eigenvalue weighted by atomic mass is 16.2. The van der Waals surface area contributed by atoms with E-state index in [0.717, 1.165) is 11.0 Å². The van der Waals surface area contributed by atoms with E-state index in [0.29, 0.717) is 6.54 Å². The third-order valence-electron chi connectivity index (χ3n) is 3.06. The summed E-state index contributed by atoms with van der Waals surface area (Å²) < 4.78 is 3.21. The molecule has 0 unspecified atom stereocenters. The first-order chi connectivity index (χ1) is 9.33. The standard InChI is InChI=1S/C15H21N3O2/c1-5-17-11-8-6-7-9-12(11)18(14(17)20)10-13(19)16-15(2,3)4/h6-9H,5,10H2,1-4H3,(H,16,19). The molecule has 0 saturated carbocycles. The molecule has 0 fully saturated rings. The minimum absolute atomic E-state index is 0.0453. The molecule has 1 aromatic carbocycles. The highest BCUT2D eigenvalue weighted by molar-refractivity contribution is 5.81. The lowest BCUT2D eigenvalue weighted by Crippen LogP contribution is -2.43. The summed E-state index contributed by atoms with van der Waals surface area (Å²) in [6.07, 6.45) is 0. The average molecular weight is 275 g/mol. The number of para-hydroxylation sites is 2. The molecule has 5 heteroatoms. The number of aromatic nitrogens is 2. The van der Waals surface area contributed by atoms with Crippen LogP contribution in [0.4, 0.5) is 0 Å². The van der Waals surface area contributed by atoms with Gasteiger partial charge in [-0.1, -0.05) is 12.1 Å². The van der Waals surface area contributed by atoms with Crippen molar-refractivity contribution in [3.05, 3.63) is 34.7 Å². The monoisotopic (exact) mass is 275 g/mol. The summed E-state index contributed by atoms with van der Waals surface area (Å²) in [6.45, 7) is 8.32. The highest BCUT2D eigenvalue weighted by Gasteiger charge is 2.17. The molecule has 20 heavy (non-hydrogen) atoms. The maximum absolute atomic E-state index is 12.4. The molecule has 0 saturated heterocycles. The molecule has 0 atom stereocenters. The minimum atomic E-state index is -0.302. The molecule has 1 heterocycles. The van der Waals surface area contributed by atoms with E-state index in [9.17, 15) is 9.59 Å². The number of rotatable bonds is 3. The number of benzene rings is 1. The quantitative estimate of drug-likeness (QED) is 0.927. The van der Waals surface area contributed by atoms with Gasteiger partial charge in [0.15, 0.2) is 0 Å². The predicted molar refractivity (Wildman–Crippen MR) is 79.8 cm³/mol. The lowest BCUT2D eigenvalue weighted by Gasteiger charge is -2.20. The number of fused-ring (bicyclic) bond motifs is 1. The molecule has 0 aliphatic carbocycles. The summed E-state index contributed by atoms with van der Waals surface area (Å²) >= 11 is 0. The summed E-state index contributed by atoms with van der Waals surface area (Å²) in [5, 5.41) is 2.88. The second-order valence-electron chi connectivity index (χ2n) is 5.90. The van der Waals surface area contributed by atoms with Crippen LogP contribution < -0.4 is 11.0 Å². The summed E-state index contributed by atoms with van der Waals surface area (Å²) in [5.74, 6) is -0.154. The zero-order valence-corrected chi connectivity index (χ0v) is 12.4. The zero-order valence-electron chi connectivity index (χ0n) is 12.4. The third-order valence-corrected chi connectivity index (χ3v) is 3.06. The van der Waals surface area contributed by atoms with E-state index in [1.807, 2.05) is 52.0 Å². The molecule has 0 spiro atoms. The minimum Gasteiger partial charge on any atom is -0.350 e. The fraction of sp³-hybridized carbons (Fsp3) is 0.467. The van der Waals surface area contributed by atoms with E-state index in [-0.39, 0.29) is 23.7 Å². The van der Waals surface area contributed by atoms with Crippen LogP contribution in [0.3, 0.4) is 0 Å². The average Bonchev–Trinajstić information content (AvgIpc) is 2.60. The van der Waals surface area contributed by atoms with Gasteiger partial charge in [-0.15, -0.1) is 0 Å². The van der Waals surface area contributed by atoms with Crippen molar-refractivity contribution in [3.63, 3.8) is 0 Å². The third kappa shape index (κ3) is 2.76. The van der Waals surface area contributed by atoms with E-state index in [4.69, 9.17) is 0 Å². The number of hydrogen-bond acceptors (Lipinski definition) is 2. The van der Waals surface area contributed by atoms with Gasteiger partial charge < -0.3 is 5.32 Å². The Morgan fingerprint density at radius 3 is 2.20 bits per heavy atom. The highest BCUT2D eigenvalue weighted by Crippen LogP contribution is 2.12. The smallest absolute Gasteiger partial charge is 0.329 e. The van der Waals surface area contributed by atoms with Crippen molar-refractivity contribution in [2.24, 2.45) is 0 Å². The van der Waals surface area contributed by atoms with Gasteiger partial charge in [0.2, 0.25) is 5.91 Å². The van der Waals surface area contributed by atoms with Crippen LogP contribution in [0, 0.1) is 0 Å². The molecule has 5 nitrogen and oxygen atoms in total. The van der Waals surface area contributed by atoms with Crippen molar-refractivity contribution in [2.75, 3.05) is 0 Å². The lowest BCUT2D eigenvalue weighted by atomic mass is 10.1. The van der Waals surface area contributed by atoms with Crippen LogP contribution in [0.1, 0.15) is 27.7 Å². The van der Waals surface area contributed by atoms with Gasteiger partial charge in [0, 0.05) is 12.1 Å². The van der Waals surface area contributed by atoms with Gasteiger partial charge in [-0.05, 0) is 39.8 Å². The van der Waals surface area contributed by atoms with Crippen molar-refractivity contribution in [3.8, 4) is 0 Å². The Bertz CT molecular complexity index is 689. The largest absolute Gasteiger partial charge is 0.350 e. The number of nitrogens with zero attached hydrogens (tertiary/aromatic N) is 2. The van der Waals surface area contributed by atoms with Gasteiger partial charge in [0.1, 0.15) is 6.54 Å². The number of aryl methyl sites for hydroxylation is 1. The predicted octanol–water partition coefficient (Wildman–Crippen LogP) is 1.74. The van der Waals surface area contributed by atoms with E-state index >= 15 is 0 Å². The second kappa shape index (κ2) is 5.15. The number of carbonyl (C=O) groups excluding carboxylic acids is 1. The van der Waals surface area contributed by atoms with Crippen molar-refractivity contribution < 1.29 is 4.79 Å². The molecule has 0 bridgehead atoms. The van der Waals surface area contributed by atoms with Gasteiger partial charge in [-0.2, -0.15) is 0 Å². The first kappa shape index (κ1) is 14.4. The van der Waals surface area contributed by atoms with Gasteiger partial charge in [-0.25, -0.2) is 4.79 Å². The Hall–Kier alpha value is -2.04. The van der Waals surface area contributed by atoms with Crippen LogP contribution in [0.15, 0.2) is 29.1 Å². The molecule has 1 N–H and O–H groups in total. The van der Waals surface area contributed by atoms with Gasteiger partial charge in [-0.3, -0.25) is 13.9 Å². The molecule has 2 aromatic rings. The Balaban J connectivity index is 2.43. The fourth-order valence-corrected chi connectivity index (χ4v) is 2.33. The van der Waals surface area contributed by atoms with Crippen molar-refractivity contribution in [2.45, 2.75) is 46.3 Å². The van der Waals surface area contributed by atoms with Crippen LogP contribution in [0.25, 0.3) is 11.0 Å². The first-order valence-electron chi connectivity index (χ1n) is 6.82. The maximum atomic E-state index is 12.4. The molecule has 108 valence electrons.